The Bertz CT molecular complexity index is 643. The molecule has 0 bridgehead atoms. The summed E-state index contributed by atoms with van der Waals surface area (Å²) < 4.78 is 70.4. The van der Waals surface area contributed by atoms with E-state index in [0.29, 0.717) is 125 Å². The van der Waals surface area contributed by atoms with Crippen LogP contribution in [0.15, 0.2) is 0 Å². The van der Waals surface area contributed by atoms with Gasteiger partial charge in [-0.05, 0) is 19.4 Å². The van der Waals surface area contributed by atoms with Crippen LogP contribution < -0.4 is 5.32 Å². The Labute approximate surface area is 284 Å². The van der Waals surface area contributed by atoms with E-state index >= 15 is 0 Å². The third-order valence-corrected chi connectivity index (χ3v) is 9.25. The first-order chi connectivity index (χ1) is 23.0. The van der Waals surface area contributed by atoms with Crippen LogP contribution in [0.2, 0.25) is 6.04 Å². The van der Waals surface area contributed by atoms with Crippen molar-refractivity contribution < 1.29 is 65.4 Å². The molecular formula is C31H65NO14Si. The van der Waals surface area contributed by atoms with Crippen LogP contribution in [-0.2, 0) is 65.4 Å². The van der Waals surface area contributed by atoms with Gasteiger partial charge in [0.05, 0.1) is 118 Å². The molecule has 0 aliphatic rings. The van der Waals surface area contributed by atoms with Gasteiger partial charge in [-0.3, -0.25) is 4.79 Å². The first-order valence-corrected chi connectivity index (χ1v) is 18.7. The highest BCUT2D eigenvalue weighted by molar-refractivity contribution is 6.60. The van der Waals surface area contributed by atoms with E-state index in [1.54, 1.807) is 21.3 Å². The second-order valence-electron chi connectivity index (χ2n) is 10.2. The number of nitrogens with one attached hydrogen (secondary N) is 1. The van der Waals surface area contributed by atoms with E-state index in [0.717, 1.165) is 26.0 Å². The summed E-state index contributed by atoms with van der Waals surface area (Å²) in [4.78, 5) is 12.1. The summed E-state index contributed by atoms with van der Waals surface area (Å²) in [6.45, 7) is 14.6. The molecule has 0 radical (unpaired) electrons. The molecule has 0 amide bonds. The Kier molecular flexibility index (Phi) is 35.8. The van der Waals surface area contributed by atoms with Crippen LogP contribution in [0.3, 0.4) is 0 Å². The number of esters is 1. The van der Waals surface area contributed by atoms with E-state index in [2.05, 4.69) is 12.2 Å². The van der Waals surface area contributed by atoms with Crippen molar-refractivity contribution in [2.75, 3.05) is 160 Å². The van der Waals surface area contributed by atoms with Gasteiger partial charge in [-0.2, -0.15) is 0 Å². The minimum absolute atomic E-state index is 0.206. The number of rotatable bonds is 39. The monoisotopic (exact) mass is 703 g/mol. The zero-order valence-corrected chi connectivity index (χ0v) is 30.8. The van der Waals surface area contributed by atoms with Crippen molar-refractivity contribution in [2.24, 2.45) is 5.92 Å². The van der Waals surface area contributed by atoms with E-state index in [4.69, 9.17) is 60.6 Å². The molecule has 16 heteroatoms. The molecule has 0 aliphatic heterocycles. The average molecular weight is 704 g/mol. The van der Waals surface area contributed by atoms with Gasteiger partial charge in [-0.1, -0.05) is 13.8 Å². The van der Waals surface area contributed by atoms with Gasteiger partial charge in [0.25, 0.3) is 0 Å². The van der Waals surface area contributed by atoms with E-state index in [9.17, 15) is 4.79 Å². The maximum Gasteiger partial charge on any atom is 0.500 e. The van der Waals surface area contributed by atoms with Crippen LogP contribution in [0.4, 0.5) is 0 Å². The SMILES string of the molecule is CCCOCCOCCOCCOCCOCCOCCOCCOCCOCCOC(=O)C(C)CNCCC[Si](OC)(OC)OC. The third-order valence-electron chi connectivity index (χ3n) is 6.42. The van der Waals surface area contributed by atoms with Gasteiger partial charge in [0.2, 0.25) is 0 Å². The zero-order valence-electron chi connectivity index (χ0n) is 29.8. The van der Waals surface area contributed by atoms with Gasteiger partial charge in [-0.15, -0.1) is 0 Å². The van der Waals surface area contributed by atoms with Crippen molar-refractivity contribution in [1.82, 2.24) is 5.32 Å². The van der Waals surface area contributed by atoms with E-state index < -0.39 is 8.80 Å². The molecule has 0 aromatic rings. The second kappa shape index (κ2) is 36.4. The molecule has 0 aliphatic carbocycles. The van der Waals surface area contributed by atoms with Crippen LogP contribution in [0, 0.1) is 5.92 Å². The largest absolute Gasteiger partial charge is 0.500 e. The summed E-state index contributed by atoms with van der Waals surface area (Å²) in [5.41, 5.74) is 0. The fourth-order valence-electron chi connectivity index (χ4n) is 3.74. The van der Waals surface area contributed by atoms with Crippen molar-refractivity contribution >= 4 is 14.8 Å². The summed E-state index contributed by atoms with van der Waals surface area (Å²) in [5.74, 6) is -0.517. The number of hydrogen-bond donors (Lipinski definition) is 1. The van der Waals surface area contributed by atoms with Crippen LogP contribution in [0.5, 0.6) is 0 Å². The highest BCUT2D eigenvalue weighted by Gasteiger charge is 2.36. The number of carbonyl (C=O) groups is 1. The highest BCUT2D eigenvalue weighted by atomic mass is 28.4. The lowest BCUT2D eigenvalue weighted by atomic mass is 10.2. The lowest BCUT2D eigenvalue weighted by Crippen LogP contribution is -2.43. The Hall–Kier alpha value is -0.833. The maximum atomic E-state index is 12.1. The molecule has 1 atom stereocenters. The van der Waals surface area contributed by atoms with Crippen LogP contribution in [-0.4, -0.2) is 175 Å². The fraction of sp³-hybridized carbons (Fsp3) is 0.968. The summed E-state index contributed by atoms with van der Waals surface area (Å²) >= 11 is 0. The molecule has 0 aromatic heterocycles. The van der Waals surface area contributed by atoms with Gasteiger partial charge in [0.1, 0.15) is 6.61 Å². The Morgan fingerprint density at radius 1 is 0.532 bits per heavy atom. The predicted molar refractivity (Wildman–Crippen MR) is 177 cm³/mol. The van der Waals surface area contributed by atoms with Gasteiger partial charge in [0, 0.05) is 40.5 Å². The van der Waals surface area contributed by atoms with Gasteiger partial charge < -0.3 is 66.0 Å². The maximum absolute atomic E-state index is 12.1. The van der Waals surface area contributed by atoms with E-state index in [1.165, 1.54) is 0 Å². The molecule has 0 aromatic carbocycles. The molecule has 15 nitrogen and oxygen atoms in total. The average Bonchev–Trinajstić information content (AvgIpc) is 3.09. The lowest BCUT2D eigenvalue weighted by molar-refractivity contribution is -0.149. The molecule has 0 fully saturated rings. The molecule has 0 saturated heterocycles. The van der Waals surface area contributed by atoms with Crippen LogP contribution in [0.25, 0.3) is 0 Å². The molecular weight excluding hydrogens is 638 g/mol. The fourth-order valence-corrected chi connectivity index (χ4v) is 5.46. The topological polar surface area (TPSA) is 149 Å². The summed E-state index contributed by atoms with van der Waals surface area (Å²) in [7, 11) is 2.24. The molecule has 47 heavy (non-hydrogen) atoms. The molecule has 0 heterocycles. The van der Waals surface area contributed by atoms with Gasteiger partial charge in [-0.25, -0.2) is 0 Å². The van der Waals surface area contributed by atoms with Gasteiger partial charge in [0.15, 0.2) is 0 Å². The zero-order chi connectivity index (χ0) is 34.5. The normalized spacial score (nSPS) is 12.5. The minimum atomic E-state index is -2.55. The Balaban J connectivity index is 3.28. The quantitative estimate of drug-likeness (QED) is 0.0561. The predicted octanol–water partition coefficient (Wildman–Crippen LogP) is 1.58. The number of carbonyl (C=O) groups excluding carboxylic acids is 1. The van der Waals surface area contributed by atoms with Crippen molar-refractivity contribution in [2.45, 2.75) is 32.7 Å². The van der Waals surface area contributed by atoms with Crippen LogP contribution in [0.1, 0.15) is 26.7 Å². The molecule has 1 N–H and O–H groups in total. The summed E-state index contributed by atoms with van der Waals surface area (Å²) in [5, 5.41) is 3.26. The van der Waals surface area contributed by atoms with Crippen molar-refractivity contribution in [3.05, 3.63) is 0 Å². The van der Waals surface area contributed by atoms with Crippen LogP contribution >= 0.6 is 0 Å². The minimum Gasteiger partial charge on any atom is -0.463 e. The first kappa shape index (κ1) is 46.2. The van der Waals surface area contributed by atoms with Crippen molar-refractivity contribution in [3.8, 4) is 0 Å². The Morgan fingerprint density at radius 3 is 1.17 bits per heavy atom. The number of ether oxygens (including phenoxy) is 10. The summed E-state index contributed by atoms with van der Waals surface area (Å²) in [6, 6.07) is 0.701. The number of hydrogen-bond acceptors (Lipinski definition) is 15. The lowest BCUT2D eigenvalue weighted by Gasteiger charge is -2.24. The second-order valence-corrected chi connectivity index (χ2v) is 13.3. The smallest absolute Gasteiger partial charge is 0.463 e. The Morgan fingerprint density at radius 2 is 0.851 bits per heavy atom. The van der Waals surface area contributed by atoms with E-state index in [-0.39, 0.29) is 18.5 Å². The molecule has 0 spiro atoms. The van der Waals surface area contributed by atoms with Crippen molar-refractivity contribution in [1.29, 1.82) is 0 Å². The molecule has 0 rings (SSSR count). The van der Waals surface area contributed by atoms with Crippen molar-refractivity contribution in [3.63, 3.8) is 0 Å². The summed E-state index contributed by atoms with van der Waals surface area (Å²) in [6.07, 6.45) is 1.84. The standard InChI is InChI=1S/C31H65NO14Si/c1-6-9-37-10-11-38-12-13-39-14-15-40-16-17-41-18-19-42-20-21-43-22-23-44-24-25-45-26-27-46-31(33)30(2)29-32-8-7-28-47(34-3,35-4)36-5/h30,32H,6-29H2,1-5H3. The highest BCUT2D eigenvalue weighted by Crippen LogP contribution is 2.14. The van der Waals surface area contributed by atoms with E-state index in [1.807, 2.05) is 6.92 Å². The molecule has 1 unspecified atom stereocenters. The molecule has 282 valence electrons. The third kappa shape index (κ3) is 30.9. The van der Waals surface area contributed by atoms with Gasteiger partial charge >= 0.3 is 14.8 Å². The molecule has 0 saturated carbocycles. The first-order valence-electron chi connectivity index (χ1n) is 16.8.